The summed E-state index contributed by atoms with van der Waals surface area (Å²) in [7, 11) is 0. The first-order valence-corrected chi connectivity index (χ1v) is 25.3. The number of nitriles is 2. The molecule has 10 nitrogen and oxygen atoms in total. The predicted molar refractivity (Wildman–Crippen MR) is 263 cm³/mol. The molecule has 0 radical (unpaired) electrons. The van der Waals surface area contributed by atoms with Crippen LogP contribution in [-0.4, -0.2) is 39.3 Å². The van der Waals surface area contributed by atoms with E-state index in [4.69, 9.17) is 19.9 Å². The van der Waals surface area contributed by atoms with Gasteiger partial charge in [0.05, 0.1) is 56.5 Å². The average Bonchev–Trinajstić information content (AvgIpc) is 3.74. The highest BCUT2D eigenvalue weighted by Gasteiger charge is 2.33. The molecule has 10 heteroatoms. The van der Waals surface area contributed by atoms with E-state index >= 15 is 0 Å². The second-order valence-corrected chi connectivity index (χ2v) is 18.4. The van der Waals surface area contributed by atoms with Crippen molar-refractivity contribution in [3.8, 4) is 35.0 Å². The Hall–Kier alpha value is -5.22. The molecule has 6 aromatic rings. The third-order valence-corrected chi connectivity index (χ3v) is 13.4. The second-order valence-electron chi connectivity index (χ2n) is 18.4. The minimum absolute atomic E-state index is 0.0134. The van der Waals surface area contributed by atoms with Crippen molar-refractivity contribution in [2.24, 2.45) is 0 Å². The summed E-state index contributed by atoms with van der Waals surface area (Å²) in [6.45, 7) is 8.94. The van der Waals surface area contributed by atoms with Crippen LogP contribution in [0.4, 0.5) is 0 Å². The Labute approximate surface area is 382 Å². The number of aromatic hydroxyl groups is 2. The maximum absolute atomic E-state index is 12.9. The molecule has 0 aliphatic rings. The fourth-order valence-electron chi connectivity index (χ4n) is 9.80. The molecule has 342 valence electrons. The van der Waals surface area contributed by atoms with E-state index in [-0.39, 0.29) is 23.8 Å². The van der Waals surface area contributed by atoms with E-state index in [0.717, 1.165) is 89.9 Å². The van der Waals surface area contributed by atoms with Gasteiger partial charge in [-0.3, -0.25) is 9.13 Å². The van der Waals surface area contributed by atoms with Crippen molar-refractivity contribution in [2.75, 3.05) is 0 Å². The number of fused-ring (bicyclic) bond motifs is 4. The first-order valence-electron chi connectivity index (χ1n) is 25.3. The Bertz CT molecular complexity index is 2330. The van der Waals surface area contributed by atoms with Gasteiger partial charge in [-0.25, -0.2) is 19.9 Å². The first-order chi connectivity index (χ1) is 31.4. The van der Waals surface area contributed by atoms with Gasteiger partial charge < -0.3 is 10.2 Å². The van der Waals surface area contributed by atoms with Crippen LogP contribution in [0.2, 0.25) is 0 Å². The number of aromatic nitrogens is 6. The minimum Gasteiger partial charge on any atom is -0.494 e. The van der Waals surface area contributed by atoms with E-state index in [2.05, 4.69) is 39.8 Å². The van der Waals surface area contributed by atoms with Gasteiger partial charge in [0.2, 0.25) is 11.8 Å². The molecule has 0 spiro atoms. The van der Waals surface area contributed by atoms with Gasteiger partial charge in [0.25, 0.3) is 0 Å². The number of unbranched alkanes of at least 4 members (excludes halogenated alkanes) is 18. The Morgan fingerprint density at radius 1 is 0.438 bits per heavy atom. The summed E-state index contributed by atoms with van der Waals surface area (Å²) in [5.74, 6) is 0.0269. The van der Waals surface area contributed by atoms with Crippen LogP contribution in [0.3, 0.4) is 0 Å². The van der Waals surface area contributed by atoms with Crippen LogP contribution in [0, 0.1) is 22.7 Å². The molecule has 4 heterocycles. The summed E-state index contributed by atoms with van der Waals surface area (Å²) < 4.78 is 3.99. The molecule has 6 rings (SSSR count). The van der Waals surface area contributed by atoms with Gasteiger partial charge in [0.1, 0.15) is 11.0 Å². The summed E-state index contributed by atoms with van der Waals surface area (Å²) in [6, 6.07) is 15.1. The quantitative estimate of drug-likeness (QED) is 0.0443. The zero-order valence-electron chi connectivity index (χ0n) is 39.5. The summed E-state index contributed by atoms with van der Waals surface area (Å²) >= 11 is 0. The van der Waals surface area contributed by atoms with E-state index in [0.29, 0.717) is 66.6 Å². The molecule has 0 aliphatic carbocycles. The van der Waals surface area contributed by atoms with Crippen LogP contribution in [0.15, 0.2) is 36.4 Å². The Balaban J connectivity index is 1.53. The molecule has 4 aromatic heterocycles. The van der Waals surface area contributed by atoms with Crippen LogP contribution in [-0.2, 0) is 0 Å². The lowest BCUT2D eigenvalue weighted by atomic mass is 10.00. The number of nitrogens with zero attached hydrogens (tertiary/aromatic N) is 8. The lowest BCUT2D eigenvalue weighted by Crippen LogP contribution is -2.10. The van der Waals surface area contributed by atoms with Crippen LogP contribution in [0.1, 0.15) is 218 Å². The zero-order valence-corrected chi connectivity index (χ0v) is 39.5. The fraction of sp³-hybridized carbons (Fsp3) is 0.593. The maximum Gasteiger partial charge on any atom is 0.203 e. The van der Waals surface area contributed by atoms with Gasteiger partial charge in [-0.2, -0.15) is 10.5 Å². The molecule has 2 aromatic carbocycles. The summed E-state index contributed by atoms with van der Waals surface area (Å²) in [5.41, 5.74) is 6.12. The van der Waals surface area contributed by atoms with Crippen molar-refractivity contribution >= 4 is 44.4 Å². The molecule has 0 fully saturated rings. The lowest BCUT2D eigenvalue weighted by Gasteiger charge is -2.21. The van der Waals surface area contributed by atoms with Crippen LogP contribution >= 0.6 is 0 Å². The van der Waals surface area contributed by atoms with Crippen molar-refractivity contribution < 1.29 is 10.2 Å². The normalized spacial score (nSPS) is 12.7. The van der Waals surface area contributed by atoms with E-state index in [1.54, 1.807) is 24.3 Å². The highest BCUT2D eigenvalue weighted by molar-refractivity contribution is 6.08. The van der Waals surface area contributed by atoms with Crippen LogP contribution in [0.5, 0.6) is 11.8 Å². The summed E-state index contributed by atoms with van der Waals surface area (Å²) in [4.78, 5) is 20.9. The molecule has 2 N–H and O–H groups in total. The highest BCUT2D eigenvalue weighted by atomic mass is 16.3. The van der Waals surface area contributed by atoms with Crippen molar-refractivity contribution in [2.45, 2.75) is 207 Å². The van der Waals surface area contributed by atoms with E-state index < -0.39 is 0 Å². The Morgan fingerprint density at radius 2 is 0.750 bits per heavy atom. The van der Waals surface area contributed by atoms with E-state index in [9.17, 15) is 20.7 Å². The third-order valence-electron chi connectivity index (χ3n) is 13.4. The van der Waals surface area contributed by atoms with Gasteiger partial charge in [-0.1, -0.05) is 169 Å². The molecule has 2 atom stereocenters. The second kappa shape index (κ2) is 24.7. The smallest absolute Gasteiger partial charge is 0.203 e. The Kier molecular flexibility index (Phi) is 18.6. The zero-order chi connectivity index (χ0) is 45.3. The lowest BCUT2D eigenvalue weighted by molar-refractivity contribution is 0.343. The monoisotopic (exact) mass is 867 g/mol. The number of rotatable bonds is 29. The molecule has 0 saturated heterocycles. The molecule has 2 unspecified atom stereocenters. The standard InChI is InChI=1S/C54H74N8O2/c1-5-9-13-15-17-19-21-25-29-41(27-23-11-7-3)61-51-49(57-45-35-39(37-55)31-33-43(45)59-51)47(53(61)63)48-50-52(60-44-34-32-40(38-56)36-46(44)58-50)62(54(48)64)42(28-24-12-8-4)30-26-22-20-18-16-14-10-6-2/h31-36,41-42,63-64H,5-30H2,1-4H3. The number of hydrogen-bond acceptors (Lipinski definition) is 8. The highest BCUT2D eigenvalue weighted by Crippen LogP contribution is 2.50. The van der Waals surface area contributed by atoms with E-state index in [1.807, 2.05) is 21.3 Å². The van der Waals surface area contributed by atoms with Crippen molar-refractivity contribution in [1.82, 2.24) is 29.1 Å². The van der Waals surface area contributed by atoms with Gasteiger partial charge >= 0.3 is 0 Å². The van der Waals surface area contributed by atoms with Crippen LogP contribution in [0.25, 0.3) is 55.5 Å². The fourth-order valence-corrected chi connectivity index (χ4v) is 9.80. The van der Waals surface area contributed by atoms with Gasteiger partial charge in [-0.05, 0) is 62.1 Å². The number of hydrogen-bond donors (Lipinski definition) is 2. The van der Waals surface area contributed by atoms with Crippen LogP contribution < -0.4 is 0 Å². The average molecular weight is 867 g/mol. The van der Waals surface area contributed by atoms with Gasteiger partial charge in [-0.15, -0.1) is 0 Å². The van der Waals surface area contributed by atoms with Crippen molar-refractivity contribution in [3.05, 3.63) is 47.5 Å². The molecular weight excluding hydrogens is 793 g/mol. The topological polar surface area (TPSA) is 149 Å². The largest absolute Gasteiger partial charge is 0.494 e. The molecule has 0 bridgehead atoms. The van der Waals surface area contributed by atoms with Crippen molar-refractivity contribution in [1.29, 1.82) is 10.5 Å². The third kappa shape index (κ3) is 11.7. The molecule has 0 saturated carbocycles. The summed E-state index contributed by atoms with van der Waals surface area (Å²) in [5, 5.41) is 45.6. The van der Waals surface area contributed by atoms with Gasteiger partial charge in [0.15, 0.2) is 11.3 Å². The van der Waals surface area contributed by atoms with Crippen molar-refractivity contribution in [3.63, 3.8) is 0 Å². The molecular formula is C54H74N8O2. The number of benzene rings is 2. The summed E-state index contributed by atoms with van der Waals surface area (Å²) in [6.07, 6.45) is 29.4. The molecule has 64 heavy (non-hydrogen) atoms. The van der Waals surface area contributed by atoms with E-state index in [1.165, 1.54) is 77.0 Å². The minimum atomic E-state index is -0.0441. The van der Waals surface area contributed by atoms with Gasteiger partial charge in [0, 0.05) is 12.1 Å². The molecule has 0 aliphatic heterocycles. The maximum atomic E-state index is 12.9. The molecule has 0 amide bonds. The first kappa shape index (κ1) is 48.2. The Morgan fingerprint density at radius 3 is 1.09 bits per heavy atom. The SMILES string of the molecule is CCCCCCCCCCC(CCCCC)n1c(O)c(-c2c(O)n(C(CCCCC)CCCCCCCCCC)c3nc4ccc(C#N)cc4nc23)c2nc3cc(C#N)ccc3nc21. The predicted octanol–water partition coefficient (Wildman–Crippen LogP) is 15.6.